The second kappa shape index (κ2) is 16.4. The minimum absolute atomic E-state index is 0.119. The Bertz CT molecular complexity index is 923. The molecule has 0 heterocycles. The van der Waals surface area contributed by atoms with Gasteiger partial charge in [0.1, 0.15) is 0 Å². The molecule has 1 aromatic carbocycles. The summed E-state index contributed by atoms with van der Waals surface area (Å²) >= 11 is 0. The maximum Gasteiger partial charge on any atom is 0.332 e. The average molecular weight is 567 g/mol. The molecule has 0 saturated heterocycles. The van der Waals surface area contributed by atoms with Crippen molar-refractivity contribution >= 4 is 34.6 Å². The predicted molar refractivity (Wildman–Crippen MR) is 143 cm³/mol. The molecule has 9 nitrogen and oxygen atoms in total. The second-order valence-electron chi connectivity index (χ2n) is 8.65. The first-order chi connectivity index (χ1) is 16.9. The maximum absolute atomic E-state index is 12.9. The van der Waals surface area contributed by atoms with Gasteiger partial charge in [-0.05, 0) is 62.3 Å². The van der Waals surface area contributed by atoms with Crippen LogP contribution in [-0.4, -0.2) is 45.5 Å². The standard InChI is InChI=1S/C24H41O9P3/c1-7-10-13-31-23(34(25)26)21-17(4)20(16-36(29,30)33-15-12-9-3)18(5)22(19(21)6)24(35(27)28)32-14-11-8-2/h7-16H2,1-6H3,(H,25,26)(H,27,28)(H,29,30). The van der Waals surface area contributed by atoms with Crippen LogP contribution in [-0.2, 0) is 24.7 Å². The fourth-order valence-corrected chi connectivity index (χ4v) is 6.66. The van der Waals surface area contributed by atoms with E-state index in [-0.39, 0.29) is 48.1 Å². The van der Waals surface area contributed by atoms with Gasteiger partial charge in [-0.3, -0.25) is 4.57 Å². The molecule has 0 amide bonds. The highest BCUT2D eigenvalue weighted by Crippen LogP contribution is 2.48. The van der Waals surface area contributed by atoms with Gasteiger partial charge in [-0.25, -0.2) is 0 Å². The molecule has 0 bridgehead atoms. The first kappa shape index (κ1) is 33.5. The third kappa shape index (κ3) is 9.65. The average Bonchev–Trinajstić information content (AvgIpc) is 2.79. The number of hydrogen-bond acceptors (Lipinski definition) is 8. The summed E-state index contributed by atoms with van der Waals surface area (Å²) in [5.41, 5.74) is 1.98. The Kier molecular flexibility index (Phi) is 15.3. The Balaban J connectivity index is 3.88. The van der Waals surface area contributed by atoms with E-state index in [4.69, 9.17) is 14.0 Å². The Morgan fingerprint density at radius 2 is 1.17 bits per heavy atom. The van der Waals surface area contributed by atoms with Crippen molar-refractivity contribution in [3.63, 3.8) is 0 Å². The molecule has 0 fully saturated rings. The van der Waals surface area contributed by atoms with Crippen LogP contribution < -0.4 is 9.79 Å². The van der Waals surface area contributed by atoms with Gasteiger partial charge in [-0.15, -0.1) is 0 Å². The molecule has 1 rings (SSSR count). The first-order valence-corrected chi connectivity index (χ1v) is 16.5. The number of unbranched alkanes of at least 4 members (excludes halogenated alkanes) is 3. The summed E-state index contributed by atoms with van der Waals surface area (Å²) in [6, 6.07) is 0. The lowest BCUT2D eigenvalue weighted by molar-refractivity contribution is -0.169. The number of rotatable bonds is 16. The molecule has 0 aliphatic carbocycles. The van der Waals surface area contributed by atoms with Crippen LogP contribution in [0.4, 0.5) is 0 Å². The van der Waals surface area contributed by atoms with Gasteiger partial charge in [0.25, 0.3) is 27.0 Å². The summed E-state index contributed by atoms with van der Waals surface area (Å²) < 4.78 is 29.7. The molecule has 3 N–H and O–H groups in total. The lowest BCUT2D eigenvalue weighted by Gasteiger charge is -2.23. The Hall–Kier alpha value is -0.530. The summed E-state index contributed by atoms with van der Waals surface area (Å²) in [6.07, 6.45) is 3.99. The largest absolute Gasteiger partial charge is 0.601 e. The lowest BCUT2D eigenvalue weighted by atomic mass is 9.89. The minimum Gasteiger partial charge on any atom is -0.601 e. The van der Waals surface area contributed by atoms with Crippen LogP contribution in [0.25, 0.3) is 0 Å². The highest BCUT2D eigenvalue weighted by Gasteiger charge is 2.33. The third-order valence-electron chi connectivity index (χ3n) is 5.80. The fourth-order valence-electron chi connectivity index (χ4n) is 3.82. The molecule has 0 aromatic heterocycles. The molecule has 0 spiro atoms. The number of benzene rings is 1. The molecule has 206 valence electrons. The normalized spacial score (nSPS) is 15.0. The SMILES string of the molecule is CCCCOC(c1c(C)c(CP(=O)(O)OCCCC)c(C)c(C(OCCCC)=[P+]([O-])O)c1C)=[P+]([O-])O. The quantitative estimate of drug-likeness (QED) is 0.199. The van der Waals surface area contributed by atoms with Crippen molar-refractivity contribution in [2.24, 2.45) is 0 Å². The van der Waals surface area contributed by atoms with Crippen LogP contribution >= 0.6 is 23.6 Å². The van der Waals surface area contributed by atoms with E-state index in [0.717, 1.165) is 19.3 Å². The Morgan fingerprint density at radius 1 is 0.778 bits per heavy atom. The van der Waals surface area contributed by atoms with Crippen LogP contribution in [0, 0.1) is 20.8 Å². The molecular formula is C24H41O9P3. The molecule has 0 saturated carbocycles. The van der Waals surface area contributed by atoms with E-state index in [9.17, 15) is 29.0 Å². The van der Waals surface area contributed by atoms with Crippen molar-refractivity contribution < 1.29 is 43.0 Å². The van der Waals surface area contributed by atoms with Gasteiger partial charge in [0.2, 0.25) is 0 Å². The highest BCUT2D eigenvalue weighted by molar-refractivity contribution is 7.52. The van der Waals surface area contributed by atoms with Gasteiger partial charge in [-0.1, -0.05) is 40.0 Å². The number of hydrogen-bond donors (Lipinski definition) is 3. The van der Waals surface area contributed by atoms with Gasteiger partial charge >= 0.3 is 7.60 Å². The van der Waals surface area contributed by atoms with Gasteiger partial charge < -0.3 is 28.7 Å². The zero-order valence-corrected chi connectivity index (χ0v) is 24.9. The predicted octanol–water partition coefficient (Wildman–Crippen LogP) is 4.03. The monoisotopic (exact) mass is 566 g/mol. The summed E-state index contributed by atoms with van der Waals surface area (Å²) in [5, 5.41) is 0. The molecule has 36 heavy (non-hydrogen) atoms. The molecule has 0 aliphatic heterocycles. The summed E-state index contributed by atoms with van der Waals surface area (Å²) in [6.45, 7) is 11.4. The van der Waals surface area contributed by atoms with Crippen LogP contribution in [0.15, 0.2) is 0 Å². The summed E-state index contributed by atoms with van der Waals surface area (Å²) in [4.78, 5) is 55.6. The maximum atomic E-state index is 12.9. The molecule has 0 aliphatic rings. The Labute approximate surface area is 217 Å². The molecule has 1 aromatic rings. The van der Waals surface area contributed by atoms with Crippen molar-refractivity contribution in [2.75, 3.05) is 19.8 Å². The van der Waals surface area contributed by atoms with Crippen LogP contribution in [0.5, 0.6) is 0 Å². The van der Waals surface area contributed by atoms with Crippen molar-refractivity contribution in [3.8, 4) is 0 Å². The van der Waals surface area contributed by atoms with Gasteiger partial charge in [0.05, 0.1) is 37.1 Å². The topological polar surface area (TPSA) is 152 Å². The Morgan fingerprint density at radius 3 is 1.53 bits per heavy atom. The van der Waals surface area contributed by atoms with Gasteiger partial charge in [0, 0.05) is 0 Å². The first-order valence-electron chi connectivity index (χ1n) is 12.3. The fraction of sp³-hybridized carbons (Fsp3) is 0.667. The molecule has 0 radical (unpaired) electrons. The molecule has 3 unspecified atom stereocenters. The van der Waals surface area contributed by atoms with Gasteiger partial charge in [0.15, 0.2) is 0 Å². The summed E-state index contributed by atoms with van der Waals surface area (Å²) in [7, 11) is -9.92. The van der Waals surface area contributed by atoms with Crippen LogP contribution in [0.2, 0.25) is 0 Å². The second-order valence-corrected chi connectivity index (χ2v) is 12.4. The highest BCUT2D eigenvalue weighted by atomic mass is 31.2. The summed E-state index contributed by atoms with van der Waals surface area (Å²) in [5.74, 6) is 0. The molecular weight excluding hydrogens is 525 g/mol. The number of ether oxygens (including phenoxy) is 2. The zero-order chi connectivity index (χ0) is 27.5. The zero-order valence-electron chi connectivity index (χ0n) is 22.2. The van der Waals surface area contributed by atoms with E-state index in [1.807, 2.05) is 20.8 Å². The van der Waals surface area contributed by atoms with Crippen molar-refractivity contribution in [2.45, 2.75) is 86.2 Å². The van der Waals surface area contributed by atoms with Crippen LogP contribution in [0.3, 0.4) is 0 Å². The van der Waals surface area contributed by atoms with Crippen molar-refractivity contribution in [1.82, 2.24) is 0 Å². The smallest absolute Gasteiger partial charge is 0.332 e. The van der Waals surface area contributed by atoms with Crippen molar-refractivity contribution in [1.29, 1.82) is 0 Å². The van der Waals surface area contributed by atoms with E-state index in [0.29, 0.717) is 41.5 Å². The minimum atomic E-state index is -4.08. The van der Waals surface area contributed by atoms with E-state index >= 15 is 0 Å². The van der Waals surface area contributed by atoms with Crippen LogP contribution in [0.1, 0.15) is 92.7 Å². The molecule has 12 heteroatoms. The van der Waals surface area contributed by atoms with E-state index in [1.165, 1.54) is 0 Å². The van der Waals surface area contributed by atoms with Gasteiger partial charge in [-0.2, -0.15) is 9.79 Å². The molecule has 3 atom stereocenters. The lowest BCUT2D eigenvalue weighted by Crippen LogP contribution is -2.21. The van der Waals surface area contributed by atoms with E-state index in [1.54, 1.807) is 20.8 Å². The third-order valence-corrected chi connectivity index (χ3v) is 8.50. The van der Waals surface area contributed by atoms with E-state index < -0.39 is 23.6 Å². The van der Waals surface area contributed by atoms with Crippen molar-refractivity contribution in [3.05, 3.63) is 33.4 Å². The van der Waals surface area contributed by atoms with E-state index in [2.05, 4.69) is 0 Å².